The maximum absolute atomic E-state index is 13.9. The third kappa shape index (κ3) is 5.76. The molecule has 1 N–H and O–H groups in total. The minimum atomic E-state index is -1.04. The molecule has 7 nitrogen and oxygen atoms in total. The highest BCUT2D eigenvalue weighted by Crippen LogP contribution is 2.44. The van der Waals surface area contributed by atoms with Crippen LogP contribution in [0.5, 0.6) is 11.5 Å². The van der Waals surface area contributed by atoms with Crippen molar-refractivity contribution >= 4 is 23.2 Å². The van der Waals surface area contributed by atoms with Gasteiger partial charge in [0.25, 0.3) is 0 Å². The van der Waals surface area contributed by atoms with E-state index in [9.17, 15) is 9.90 Å². The standard InChI is InChI=1S/C35H41ClN2O5/c1-22(2)43-31-19-29-24(17-30(31)41-4)18-33(39)38(34(29)23-8-12-26(36)13-9-23)27-14-10-25(11-15-27)35(3,40)32-7-5-6-16-37(32)28-20-42-21-28/h8-15,17,19,22,28,32,34,40H,5-7,16,18,20-21H2,1-4H3/t32-,34?,35-/m0/s1. The number of methoxy groups -OCH3 is 1. The minimum absolute atomic E-state index is 0.0145. The molecule has 2 fully saturated rings. The van der Waals surface area contributed by atoms with Crippen molar-refractivity contribution in [1.29, 1.82) is 0 Å². The molecule has 3 aromatic carbocycles. The molecule has 1 amide bonds. The topological polar surface area (TPSA) is 71.5 Å². The van der Waals surface area contributed by atoms with Gasteiger partial charge in [-0.2, -0.15) is 0 Å². The predicted molar refractivity (Wildman–Crippen MR) is 168 cm³/mol. The number of ether oxygens (including phenoxy) is 3. The normalized spacial score (nSPS) is 22.6. The van der Waals surface area contributed by atoms with Gasteiger partial charge in [0.2, 0.25) is 5.91 Å². The molecular formula is C35H41ClN2O5. The van der Waals surface area contributed by atoms with Gasteiger partial charge in [-0.3, -0.25) is 9.69 Å². The number of fused-ring (bicyclic) bond motifs is 1. The van der Waals surface area contributed by atoms with Gasteiger partial charge in [-0.15, -0.1) is 0 Å². The molecule has 6 rings (SSSR count). The van der Waals surface area contributed by atoms with Gasteiger partial charge in [-0.1, -0.05) is 42.3 Å². The van der Waals surface area contributed by atoms with Crippen LogP contribution in [0.25, 0.3) is 0 Å². The number of hydrogen-bond acceptors (Lipinski definition) is 6. The van der Waals surface area contributed by atoms with Crippen molar-refractivity contribution < 1.29 is 24.1 Å². The van der Waals surface area contributed by atoms with E-state index in [4.69, 9.17) is 25.8 Å². The van der Waals surface area contributed by atoms with Crippen molar-refractivity contribution in [2.45, 2.75) is 76.3 Å². The van der Waals surface area contributed by atoms with Crippen LogP contribution in [0.3, 0.4) is 0 Å². The van der Waals surface area contributed by atoms with Gasteiger partial charge in [0, 0.05) is 16.8 Å². The Hall–Kier alpha value is -3.10. The number of carbonyl (C=O) groups excluding carboxylic acids is 1. The second kappa shape index (κ2) is 12.1. The lowest BCUT2D eigenvalue weighted by Crippen LogP contribution is -2.60. The highest BCUT2D eigenvalue weighted by Gasteiger charge is 2.43. The smallest absolute Gasteiger partial charge is 0.232 e. The Bertz CT molecular complexity index is 1450. The largest absolute Gasteiger partial charge is 0.493 e. The summed E-state index contributed by atoms with van der Waals surface area (Å²) >= 11 is 6.27. The van der Waals surface area contributed by atoms with Crippen molar-refractivity contribution in [1.82, 2.24) is 4.90 Å². The summed E-state index contributed by atoms with van der Waals surface area (Å²) in [5.41, 5.74) is 3.41. The lowest BCUT2D eigenvalue weighted by atomic mass is 9.81. The van der Waals surface area contributed by atoms with Crippen molar-refractivity contribution in [2.24, 2.45) is 0 Å². The Labute approximate surface area is 259 Å². The molecule has 0 bridgehead atoms. The van der Waals surface area contributed by atoms with Gasteiger partial charge in [-0.05, 0) is 98.8 Å². The molecule has 3 atom stereocenters. The summed E-state index contributed by atoms with van der Waals surface area (Å²) in [6, 6.07) is 19.4. The molecule has 3 heterocycles. The molecule has 0 spiro atoms. The molecule has 228 valence electrons. The highest BCUT2D eigenvalue weighted by atomic mass is 35.5. The fraction of sp³-hybridized carbons (Fsp3) is 0.457. The highest BCUT2D eigenvalue weighted by molar-refractivity contribution is 6.30. The average molecular weight is 605 g/mol. The third-order valence-electron chi connectivity index (χ3n) is 9.15. The molecule has 3 aliphatic rings. The van der Waals surface area contributed by atoms with Crippen LogP contribution in [-0.4, -0.2) is 61.0 Å². The average Bonchev–Trinajstić information content (AvgIpc) is 2.96. The van der Waals surface area contributed by atoms with Gasteiger partial charge < -0.3 is 24.2 Å². The molecule has 0 aliphatic carbocycles. The second-order valence-electron chi connectivity index (χ2n) is 12.4. The Balaban J connectivity index is 1.38. The number of nitrogens with zero attached hydrogens (tertiary/aromatic N) is 2. The van der Waals surface area contributed by atoms with E-state index in [1.54, 1.807) is 7.11 Å². The lowest BCUT2D eigenvalue weighted by molar-refractivity contribution is -0.133. The molecule has 3 aromatic rings. The van der Waals surface area contributed by atoms with Crippen LogP contribution in [0.15, 0.2) is 60.7 Å². The van der Waals surface area contributed by atoms with Crippen LogP contribution < -0.4 is 14.4 Å². The monoisotopic (exact) mass is 604 g/mol. The number of piperidine rings is 1. The van der Waals surface area contributed by atoms with Gasteiger partial charge in [-0.25, -0.2) is 0 Å². The number of aliphatic hydroxyl groups is 1. The first-order chi connectivity index (χ1) is 20.7. The zero-order chi connectivity index (χ0) is 30.3. The molecule has 8 heteroatoms. The first-order valence-corrected chi connectivity index (χ1v) is 15.7. The van der Waals surface area contributed by atoms with Crippen LogP contribution >= 0.6 is 11.6 Å². The summed E-state index contributed by atoms with van der Waals surface area (Å²) in [5.74, 6) is 1.24. The van der Waals surface area contributed by atoms with Crippen molar-refractivity contribution in [3.8, 4) is 11.5 Å². The quantitative estimate of drug-likeness (QED) is 0.327. The number of likely N-dealkylation sites (tertiary alicyclic amines) is 1. The lowest BCUT2D eigenvalue weighted by Gasteiger charge is -2.49. The number of amides is 1. The minimum Gasteiger partial charge on any atom is -0.493 e. The summed E-state index contributed by atoms with van der Waals surface area (Å²) in [7, 11) is 1.62. The van der Waals surface area contributed by atoms with Gasteiger partial charge in [0.15, 0.2) is 11.5 Å². The molecule has 0 radical (unpaired) electrons. The van der Waals surface area contributed by atoms with E-state index in [0.29, 0.717) is 22.6 Å². The number of benzene rings is 3. The summed E-state index contributed by atoms with van der Waals surface area (Å²) in [5, 5.41) is 12.6. The van der Waals surface area contributed by atoms with E-state index >= 15 is 0 Å². The SMILES string of the molecule is COc1cc2c(cc1OC(C)C)C(c1ccc(Cl)cc1)N(c1ccc([C@](C)(O)[C@@H]3CCCCN3C3COC3)cc1)C(=O)C2. The number of carbonyl (C=O) groups is 1. The number of halogens is 1. The fourth-order valence-electron chi connectivity index (χ4n) is 6.89. The molecule has 0 aromatic heterocycles. The summed E-state index contributed by atoms with van der Waals surface area (Å²) in [6.45, 7) is 8.32. The van der Waals surface area contributed by atoms with E-state index in [1.165, 1.54) is 0 Å². The van der Waals surface area contributed by atoms with Crippen LogP contribution in [-0.2, 0) is 21.6 Å². The van der Waals surface area contributed by atoms with Crippen LogP contribution in [0, 0.1) is 0 Å². The maximum atomic E-state index is 13.9. The fourth-order valence-corrected chi connectivity index (χ4v) is 7.02. The van der Waals surface area contributed by atoms with Crippen LogP contribution in [0.4, 0.5) is 5.69 Å². The molecule has 3 aliphatic heterocycles. The van der Waals surface area contributed by atoms with Crippen molar-refractivity contribution in [3.63, 3.8) is 0 Å². The van der Waals surface area contributed by atoms with E-state index in [1.807, 2.05) is 86.3 Å². The maximum Gasteiger partial charge on any atom is 0.232 e. The molecule has 0 saturated carbocycles. The summed E-state index contributed by atoms with van der Waals surface area (Å²) in [4.78, 5) is 18.2. The van der Waals surface area contributed by atoms with Crippen LogP contribution in [0.1, 0.15) is 68.3 Å². The second-order valence-corrected chi connectivity index (χ2v) is 12.8. The molecule has 43 heavy (non-hydrogen) atoms. The van der Waals surface area contributed by atoms with E-state index in [0.717, 1.165) is 67.0 Å². The Kier molecular flexibility index (Phi) is 8.44. The Morgan fingerprint density at radius 1 is 1.02 bits per heavy atom. The Morgan fingerprint density at radius 2 is 1.74 bits per heavy atom. The van der Waals surface area contributed by atoms with Crippen molar-refractivity contribution in [3.05, 3.63) is 87.9 Å². The summed E-state index contributed by atoms with van der Waals surface area (Å²) in [6.07, 6.45) is 3.37. The van der Waals surface area contributed by atoms with Gasteiger partial charge in [0.1, 0.15) is 5.60 Å². The number of anilines is 1. The third-order valence-corrected chi connectivity index (χ3v) is 9.40. The van der Waals surface area contributed by atoms with E-state index < -0.39 is 11.6 Å². The zero-order valence-corrected chi connectivity index (χ0v) is 26.1. The summed E-state index contributed by atoms with van der Waals surface area (Å²) < 4.78 is 17.3. The number of hydrogen-bond donors (Lipinski definition) is 1. The first kappa shape index (κ1) is 29.9. The van der Waals surface area contributed by atoms with E-state index in [-0.39, 0.29) is 24.5 Å². The van der Waals surface area contributed by atoms with E-state index in [2.05, 4.69) is 4.90 Å². The molecule has 2 saturated heterocycles. The van der Waals surface area contributed by atoms with Gasteiger partial charge in [0.05, 0.1) is 44.9 Å². The zero-order valence-electron chi connectivity index (χ0n) is 25.4. The Morgan fingerprint density at radius 3 is 2.37 bits per heavy atom. The van der Waals surface area contributed by atoms with Crippen LogP contribution in [0.2, 0.25) is 5.02 Å². The molecule has 1 unspecified atom stereocenters. The van der Waals surface area contributed by atoms with Crippen molar-refractivity contribution in [2.75, 3.05) is 31.8 Å². The van der Waals surface area contributed by atoms with Gasteiger partial charge >= 0.3 is 0 Å². The molecular weight excluding hydrogens is 564 g/mol. The number of rotatable bonds is 8. The first-order valence-electron chi connectivity index (χ1n) is 15.3. The predicted octanol–water partition coefficient (Wildman–Crippen LogP) is 6.28.